The molecule has 0 bridgehead atoms. The van der Waals surface area contributed by atoms with E-state index in [2.05, 4.69) is 185 Å². The van der Waals surface area contributed by atoms with Crippen molar-refractivity contribution in [2.24, 2.45) is 0 Å². The molecule has 0 saturated heterocycles. The highest BCUT2D eigenvalue weighted by atomic mass is 15.0. The van der Waals surface area contributed by atoms with Gasteiger partial charge in [0.25, 0.3) is 0 Å². The summed E-state index contributed by atoms with van der Waals surface area (Å²) < 4.78 is 4.74. The number of nitrogens with zero attached hydrogens (tertiary/aromatic N) is 2. The largest absolute Gasteiger partial charge is 0.317 e. The molecule has 2 aromatic heterocycles. The highest BCUT2D eigenvalue weighted by Gasteiger charge is 2.22. The predicted octanol–water partition coefficient (Wildman–Crippen LogP) is 8.40. The summed E-state index contributed by atoms with van der Waals surface area (Å²) in [5, 5.41) is 6.28. The number of benzene rings is 7. The molecule has 0 spiro atoms. The van der Waals surface area contributed by atoms with Gasteiger partial charge in [-0.05, 0) is 53.9 Å². The maximum atomic E-state index is 2.46. The normalized spacial score (nSPS) is 11.6. The van der Waals surface area contributed by atoms with Crippen LogP contribution in [-0.4, -0.2) is 15.8 Å². The maximum absolute atomic E-state index is 2.46. The Balaban J connectivity index is 1.25. The Hall–Kier alpha value is -5.80. The first-order valence-electron chi connectivity index (χ1n) is 15.6. The van der Waals surface area contributed by atoms with Crippen LogP contribution in [0.4, 0.5) is 0 Å². The van der Waals surface area contributed by atoms with Crippen LogP contribution < -0.4 is 16.4 Å². The second kappa shape index (κ2) is 10.4. The summed E-state index contributed by atoms with van der Waals surface area (Å²) in [4.78, 5) is 0. The lowest BCUT2D eigenvalue weighted by molar-refractivity contribution is 1.13. The second-order valence-corrected chi connectivity index (χ2v) is 11.8. The van der Waals surface area contributed by atoms with Crippen molar-refractivity contribution in [3.8, 4) is 11.4 Å². The molecule has 0 atom stereocenters. The molecule has 9 rings (SSSR count). The van der Waals surface area contributed by atoms with Crippen LogP contribution in [0.3, 0.4) is 0 Å². The third-order valence-corrected chi connectivity index (χ3v) is 9.24. The van der Waals surface area contributed by atoms with Crippen molar-refractivity contribution in [3.05, 3.63) is 176 Å². The summed E-state index contributed by atoms with van der Waals surface area (Å²) in [6.07, 6.45) is 2.18. The Kier molecular flexibility index (Phi) is 5.95. The van der Waals surface area contributed by atoms with Crippen LogP contribution in [0.15, 0.2) is 176 Å². The van der Waals surface area contributed by atoms with Crippen molar-refractivity contribution in [2.75, 3.05) is 0 Å². The van der Waals surface area contributed by atoms with Crippen molar-refractivity contribution in [3.63, 3.8) is 0 Å². The predicted molar refractivity (Wildman–Crippen MR) is 193 cm³/mol. The molecule has 210 valence electrons. The molecule has 0 aliphatic heterocycles. The monoisotopic (exact) mass is 572 g/mol. The number of hydrogen-bond acceptors (Lipinski definition) is 0. The molecule has 0 N–H and O–H groups in total. The third kappa shape index (κ3) is 4.20. The molecule has 0 unspecified atom stereocenters. The fourth-order valence-electron chi connectivity index (χ4n) is 7.18. The van der Waals surface area contributed by atoms with Crippen LogP contribution >= 0.6 is 0 Å². The summed E-state index contributed by atoms with van der Waals surface area (Å²) >= 11 is 0. The van der Waals surface area contributed by atoms with Crippen molar-refractivity contribution in [1.29, 1.82) is 0 Å². The molecule has 0 saturated carbocycles. The summed E-state index contributed by atoms with van der Waals surface area (Å²) in [6, 6.07) is 61.7. The molecule has 0 aliphatic rings. The summed E-state index contributed by atoms with van der Waals surface area (Å²) in [6.45, 7) is 0.169. The number of rotatable bonds is 5. The Morgan fingerprint density at radius 3 is 1.71 bits per heavy atom. The lowest BCUT2D eigenvalue weighted by Crippen LogP contribution is -2.51. The third-order valence-electron chi connectivity index (χ3n) is 9.24. The molecule has 0 fully saturated rings. The molecule has 2 heterocycles. The fraction of sp³-hybridized carbons (Fsp3) is 0. The van der Waals surface area contributed by atoms with Gasteiger partial charge in [0.2, 0.25) is 6.71 Å². The average molecular weight is 573 g/mol. The van der Waals surface area contributed by atoms with E-state index in [-0.39, 0.29) is 6.71 Å². The van der Waals surface area contributed by atoms with Crippen LogP contribution in [0.2, 0.25) is 0 Å². The average Bonchev–Trinajstić information content (AvgIpc) is 3.68. The van der Waals surface area contributed by atoms with Gasteiger partial charge in [0.05, 0.1) is 16.6 Å². The lowest BCUT2D eigenvalue weighted by Gasteiger charge is -2.17. The van der Waals surface area contributed by atoms with E-state index in [1.165, 1.54) is 71.2 Å². The van der Waals surface area contributed by atoms with Crippen molar-refractivity contribution < 1.29 is 0 Å². The molecular weight excluding hydrogens is 543 g/mol. The Labute approximate surface area is 262 Å². The Bertz CT molecular complexity index is 2420. The first-order valence-corrected chi connectivity index (χ1v) is 15.6. The highest BCUT2D eigenvalue weighted by Crippen LogP contribution is 2.38. The van der Waals surface area contributed by atoms with Gasteiger partial charge in [-0.1, -0.05) is 138 Å². The summed E-state index contributed by atoms with van der Waals surface area (Å²) in [5.41, 5.74) is 9.90. The molecule has 0 aliphatic carbocycles. The number of fused-ring (bicyclic) bond motifs is 6. The van der Waals surface area contributed by atoms with Gasteiger partial charge in [-0.2, -0.15) is 0 Å². The van der Waals surface area contributed by atoms with Gasteiger partial charge in [-0.15, -0.1) is 0 Å². The van der Waals surface area contributed by atoms with Gasteiger partial charge >= 0.3 is 0 Å². The van der Waals surface area contributed by atoms with Gasteiger partial charge in [-0.25, -0.2) is 0 Å². The van der Waals surface area contributed by atoms with Crippen molar-refractivity contribution in [1.82, 2.24) is 9.13 Å². The molecule has 2 nitrogen and oxygen atoms in total. The molecule has 7 aromatic carbocycles. The minimum atomic E-state index is 0.169. The van der Waals surface area contributed by atoms with Crippen LogP contribution in [0.1, 0.15) is 0 Å². The van der Waals surface area contributed by atoms with Crippen LogP contribution in [0.25, 0.3) is 54.9 Å². The van der Waals surface area contributed by atoms with Crippen molar-refractivity contribution in [2.45, 2.75) is 0 Å². The van der Waals surface area contributed by atoms with Gasteiger partial charge < -0.3 is 9.13 Å². The molecule has 0 amide bonds. The van der Waals surface area contributed by atoms with E-state index in [4.69, 9.17) is 0 Å². The minimum Gasteiger partial charge on any atom is -0.317 e. The molecular formula is C42H29BN2. The van der Waals surface area contributed by atoms with Gasteiger partial charge in [0.1, 0.15) is 0 Å². The van der Waals surface area contributed by atoms with E-state index in [0.29, 0.717) is 0 Å². The lowest BCUT2D eigenvalue weighted by atomic mass is 9.37. The van der Waals surface area contributed by atoms with E-state index in [1.807, 2.05) is 0 Å². The number of hydrogen-bond donors (Lipinski definition) is 0. The van der Waals surface area contributed by atoms with E-state index >= 15 is 0 Å². The topological polar surface area (TPSA) is 9.86 Å². The highest BCUT2D eigenvalue weighted by molar-refractivity contribution is 6.95. The van der Waals surface area contributed by atoms with Crippen LogP contribution in [-0.2, 0) is 0 Å². The molecule has 45 heavy (non-hydrogen) atoms. The van der Waals surface area contributed by atoms with Crippen molar-refractivity contribution >= 4 is 66.6 Å². The zero-order valence-electron chi connectivity index (χ0n) is 24.7. The van der Waals surface area contributed by atoms with E-state index in [0.717, 1.165) is 0 Å². The zero-order valence-corrected chi connectivity index (χ0v) is 24.7. The maximum Gasteiger partial charge on any atom is 0.241 e. The first-order chi connectivity index (χ1) is 22.3. The van der Waals surface area contributed by atoms with E-state index < -0.39 is 0 Å². The first kappa shape index (κ1) is 25.7. The smallest absolute Gasteiger partial charge is 0.241 e. The van der Waals surface area contributed by atoms with E-state index in [1.54, 1.807) is 0 Å². The summed E-state index contributed by atoms with van der Waals surface area (Å²) in [5.74, 6) is 0. The minimum absolute atomic E-state index is 0.169. The van der Waals surface area contributed by atoms with Crippen LogP contribution in [0, 0.1) is 0 Å². The zero-order chi connectivity index (χ0) is 29.7. The van der Waals surface area contributed by atoms with Gasteiger partial charge in [-0.3, -0.25) is 0 Å². The van der Waals surface area contributed by atoms with Crippen LogP contribution in [0.5, 0.6) is 0 Å². The second-order valence-electron chi connectivity index (χ2n) is 11.8. The molecule has 9 aromatic rings. The quantitative estimate of drug-likeness (QED) is 0.183. The summed E-state index contributed by atoms with van der Waals surface area (Å²) in [7, 11) is 0. The Morgan fingerprint density at radius 2 is 1.00 bits per heavy atom. The Morgan fingerprint density at radius 1 is 0.378 bits per heavy atom. The molecule has 0 radical (unpaired) electrons. The van der Waals surface area contributed by atoms with E-state index in [9.17, 15) is 0 Å². The SMILES string of the molecule is c1ccc(B(c2ccccc2)c2ccc(-n3c4ccccc4c4ccc5cc6c(ccn6-c6ccccc6)cc5c43)cc2)cc1. The van der Waals surface area contributed by atoms with Gasteiger partial charge in [0, 0.05) is 39.1 Å². The standard InChI is InChI=1S/C42H29BN2/c1-4-12-32(13-5-1)43(33-14-6-2-7-15-33)34-21-23-36(24-22-34)45-40-19-11-10-18-37(40)38-25-20-30-29-41-31(28-39(30)42(38)45)26-27-44(41)35-16-8-3-9-17-35/h1-29H. The van der Waals surface area contributed by atoms with Gasteiger partial charge in [0.15, 0.2) is 0 Å². The molecule has 3 heteroatoms. The fourth-order valence-corrected chi connectivity index (χ4v) is 7.18. The number of para-hydroxylation sites is 2. The number of aromatic nitrogens is 2.